The van der Waals surface area contributed by atoms with Crippen molar-refractivity contribution in [2.24, 2.45) is 0 Å². The number of amides is 1. The molecule has 0 aliphatic rings. The molecule has 0 saturated carbocycles. The van der Waals surface area contributed by atoms with E-state index in [4.69, 9.17) is 16.7 Å². The number of carbonyl (C=O) groups excluding carboxylic acids is 1. The number of rotatable bonds is 7. The molecule has 106 valence electrons. The largest absolute Gasteiger partial charge is 0.396 e. The van der Waals surface area contributed by atoms with Gasteiger partial charge in [0.25, 0.3) is 0 Å². The molecule has 0 aliphatic carbocycles. The summed E-state index contributed by atoms with van der Waals surface area (Å²) < 4.78 is 0. The van der Waals surface area contributed by atoms with Gasteiger partial charge in [0.1, 0.15) is 0 Å². The SMILES string of the molecule is Cc1ccc(NC(=O)CC(C)NCCCO)cc1Cl. The third-order valence-electron chi connectivity index (χ3n) is 2.77. The second kappa shape index (κ2) is 8.15. The summed E-state index contributed by atoms with van der Waals surface area (Å²) in [5.41, 5.74) is 1.70. The number of aryl methyl sites for hydroxylation is 1. The van der Waals surface area contributed by atoms with Gasteiger partial charge in [-0.2, -0.15) is 0 Å². The second-order valence-electron chi connectivity index (χ2n) is 4.65. The number of nitrogens with one attached hydrogen (secondary N) is 2. The van der Waals surface area contributed by atoms with Crippen molar-refractivity contribution < 1.29 is 9.90 Å². The van der Waals surface area contributed by atoms with Crippen LogP contribution in [-0.4, -0.2) is 30.2 Å². The van der Waals surface area contributed by atoms with Gasteiger partial charge < -0.3 is 15.7 Å². The van der Waals surface area contributed by atoms with Crippen LogP contribution < -0.4 is 10.6 Å². The monoisotopic (exact) mass is 284 g/mol. The first-order chi connectivity index (χ1) is 9.02. The molecule has 1 amide bonds. The topological polar surface area (TPSA) is 61.4 Å². The number of carbonyl (C=O) groups is 1. The van der Waals surface area contributed by atoms with Gasteiger partial charge in [0, 0.05) is 29.8 Å². The van der Waals surface area contributed by atoms with E-state index in [0.29, 0.717) is 30.1 Å². The zero-order chi connectivity index (χ0) is 14.3. The number of anilines is 1. The first-order valence-electron chi connectivity index (χ1n) is 6.43. The summed E-state index contributed by atoms with van der Waals surface area (Å²) in [4.78, 5) is 11.8. The molecule has 0 fully saturated rings. The molecule has 0 spiro atoms. The fourth-order valence-corrected chi connectivity index (χ4v) is 1.84. The average molecular weight is 285 g/mol. The maximum Gasteiger partial charge on any atom is 0.225 e. The number of aliphatic hydroxyl groups excluding tert-OH is 1. The minimum Gasteiger partial charge on any atom is -0.396 e. The molecule has 0 aromatic heterocycles. The highest BCUT2D eigenvalue weighted by molar-refractivity contribution is 6.31. The van der Waals surface area contributed by atoms with Gasteiger partial charge in [0.2, 0.25) is 5.91 Å². The summed E-state index contributed by atoms with van der Waals surface area (Å²) >= 11 is 6.00. The van der Waals surface area contributed by atoms with Crippen LogP contribution in [-0.2, 0) is 4.79 Å². The van der Waals surface area contributed by atoms with Crippen molar-refractivity contribution in [2.75, 3.05) is 18.5 Å². The number of hydrogen-bond donors (Lipinski definition) is 3. The van der Waals surface area contributed by atoms with Gasteiger partial charge in [-0.05, 0) is 44.5 Å². The molecule has 1 rings (SSSR count). The van der Waals surface area contributed by atoms with E-state index in [1.165, 1.54) is 0 Å². The van der Waals surface area contributed by atoms with Gasteiger partial charge in [-0.15, -0.1) is 0 Å². The van der Waals surface area contributed by atoms with Gasteiger partial charge in [0.05, 0.1) is 0 Å². The molecular formula is C14H21ClN2O2. The summed E-state index contributed by atoms with van der Waals surface area (Å²) in [6.45, 7) is 4.73. The smallest absolute Gasteiger partial charge is 0.225 e. The normalized spacial score (nSPS) is 12.2. The van der Waals surface area contributed by atoms with Crippen LogP contribution >= 0.6 is 11.6 Å². The second-order valence-corrected chi connectivity index (χ2v) is 5.06. The molecule has 1 aromatic carbocycles. The molecule has 1 aromatic rings. The summed E-state index contributed by atoms with van der Waals surface area (Å²) in [7, 11) is 0. The number of aliphatic hydroxyl groups is 1. The Morgan fingerprint density at radius 2 is 2.21 bits per heavy atom. The summed E-state index contributed by atoms with van der Waals surface area (Å²) in [5.74, 6) is -0.0519. The number of halogens is 1. The third-order valence-corrected chi connectivity index (χ3v) is 3.18. The molecule has 1 atom stereocenters. The fourth-order valence-electron chi connectivity index (χ4n) is 1.66. The lowest BCUT2D eigenvalue weighted by atomic mass is 10.2. The lowest BCUT2D eigenvalue weighted by Gasteiger charge is -2.13. The van der Waals surface area contributed by atoms with Gasteiger partial charge in [-0.1, -0.05) is 17.7 Å². The van der Waals surface area contributed by atoms with Crippen LogP contribution in [0.2, 0.25) is 5.02 Å². The molecule has 5 heteroatoms. The first kappa shape index (κ1) is 16.0. The van der Waals surface area contributed by atoms with Crippen molar-refractivity contribution in [3.8, 4) is 0 Å². The summed E-state index contributed by atoms with van der Waals surface area (Å²) in [6, 6.07) is 5.54. The molecule has 1 unspecified atom stereocenters. The Balaban J connectivity index is 2.39. The molecule has 4 nitrogen and oxygen atoms in total. The molecule has 0 aliphatic heterocycles. The van der Waals surface area contributed by atoms with Gasteiger partial charge in [-0.25, -0.2) is 0 Å². The van der Waals surface area contributed by atoms with E-state index in [2.05, 4.69) is 10.6 Å². The van der Waals surface area contributed by atoms with E-state index in [-0.39, 0.29) is 18.6 Å². The van der Waals surface area contributed by atoms with E-state index < -0.39 is 0 Å². The van der Waals surface area contributed by atoms with E-state index in [0.717, 1.165) is 5.56 Å². The van der Waals surface area contributed by atoms with Gasteiger partial charge in [0.15, 0.2) is 0 Å². The Kier molecular flexibility index (Phi) is 6.84. The summed E-state index contributed by atoms with van der Waals surface area (Å²) in [6.07, 6.45) is 1.08. The lowest BCUT2D eigenvalue weighted by molar-refractivity contribution is -0.116. The molecule has 0 radical (unpaired) electrons. The number of benzene rings is 1. The highest BCUT2D eigenvalue weighted by Gasteiger charge is 2.09. The van der Waals surface area contributed by atoms with Crippen LogP contribution in [0.25, 0.3) is 0 Å². The van der Waals surface area contributed by atoms with Crippen LogP contribution in [0.1, 0.15) is 25.3 Å². The predicted molar refractivity (Wildman–Crippen MR) is 78.6 cm³/mol. The zero-order valence-corrected chi connectivity index (χ0v) is 12.1. The Labute approximate surface area is 119 Å². The molecule has 0 saturated heterocycles. The van der Waals surface area contributed by atoms with Crippen molar-refractivity contribution in [1.29, 1.82) is 0 Å². The van der Waals surface area contributed by atoms with Crippen LogP contribution in [0, 0.1) is 6.92 Å². The van der Waals surface area contributed by atoms with Crippen molar-refractivity contribution >= 4 is 23.2 Å². The van der Waals surface area contributed by atoms with E-state index in [1.54, 1.807) is 6.07 Å². The van der Waals surface area contributed by atoms with E-state index >= 15 is 0 Å². The Morgan fingerprint density at radius 1 is 1.47 bits per heavy atom. The standard InChI is InChI=1S/C14H21ClN2O2/c1-10-4-5-12(9-13(10)15)17-14(19)8-11(2)16-6-3-7-18/h4-5,9,11,16,18H,3,6-8H2,1-2H3,(H,17,19). The van der Waals surface area contributed by atoms with Crippen molar-refractivity contribution in [1.82, 2.24) is 5.32 Å². The van der Waals surface area contributed by atoms with E-state index in [1.807, 2.05) is 26.0 Å². The maximum atomic E-state index is 11.8. The van der Waals surface area contributed by atoms with Crippen LogP contribution in [0.5, 0.6) is 0 Å². The van der Waals surface area contributed by atoms with Gasteiger partial charge in [-0.3, -0.25) is 4.79 Å². The number of hydrogen-bond acceptors (Lipinski definition) is 3. The average Bonchev–Trinajstić information content (AvgIpc) is 2.34. The molecule has 19 heavy (non-hydrogen) atoms. The van der Waals surface area contributed by atoms with Crippen molar-refractivity contribution in [3.63, 3.8) is 0 Å². The molecule has 3 N–H and O–H groups in total. The van der Waals surface area contributed by atoms with Crippen LogP contribution in [0.3, 0.4) is 0 Å². The molecule has 0 heterocycles. The van der Waals surface area contributed by atoms with Crippen molar-refractivity contribution in [3.05, 3.63) is 28.8 Å². The minimum absolute atomic E-state index is 0.0519. The minimum atomic E-state index is -0.0519. The predicted octanol–water partition coefficient (Wildman–Crippen LogP) is 2.34. The highest BCUT2D eigenvalue weighted by Crippen LogP contribution is 2.20. The van der Waals surface area contributed by atoms with Crippen LogP contribution in [0.4, 0.5) is 5.69 Å². The Bertz CT molecular complexity index is 424. The molecular weight excluding hydrogens is 264 g/mol. The third kappa shape index (κ3) is 6.05. The summed E-state index contributed by atoms with van der Waals surface area (Å²) in [5, 5.41) is 15.3. The first-order valence-corrected chi connectivity index (χ1v) is 6.81. The maximum absolute atomic E-state index is 11.8. The van der Waals surface area contributed by atoms with E-state index in [9.17, 15) is 4.79 Å². The Hall–Kier alpha value is -1.10. The van der Waals surface area contributed by atoms with Gasteiger partial charge >= 0.3 is 0 Å². The fraction of sp³-hybridized carbons (Fsp3) is 0.500. The van der Waals surface area contributed by atoms with Crippen molar-refractivity contribution in [2.45, 2.75) is 32.7 Å². The quantitative estimate of drug-likeness (QED) is 0.674. The van der Waals surface area contributed by atoms with Crippen LogP contribution in [0.15, 0.2) is 18.2 Å². The highest BCUT2D eigenvalue weighted by atomic mass is 35.5. The zero-order valence-electron chi connectivity index (χ0n) is 11.4. The molecule has 0 bridgehead atoms. The lowest BCUT2D eigenvalue weighted by Crippen LogP contribution is -2.31. The Morgan fingerprint density at radius 3 is 2.84 bits per heavy atom.